The predicted octanol–water partition coefficient (Wildman–Crippen LogP) is 1.68. The first kappa shape index (κ1) is 11.8. The number of hydrogen-bond donors (Lipinski definition) is 0. The van der Waals surface area contributed by atoms with Crippen LogP contribution in [0.3, 0.4) is 0 Å². The van der Waals surface area contributed by atoms with E-state index >= 15 is 0 Å². The van der Waals surface area contributed by atoms with E-state index in [0.717, 1.165) is 0 Å². The lowest BCUT2D eigenvalue weighted by molar-refractivity contribution is 0.0139. The summed E-state index contributed by atoms with van der Waals surface area (Å²) in [6.45, 7) is 7.47. The third kappa shape index (κ3) is 3.85. The van der Waals surface area contributed by atoms with Crippen molar-refractivity contribution in [1.29, 1.82) is 0 Å². The quantitative estimate of drug-likeness (QED) is 0.379. The third-order valence-corrected chi connectivity index (χ3v) is 1.59. The first-order valence-electron chi connectivity index (χ1n) is 4.10. The lowest BCUT2D eigenvalue weighted by Gasteiger charge is -2.24. The second-order valence-corrected chi connectivity index (χ2v) is 2.45. The van der Waals surface area contributed by atoms with Gasteiger partial charge in [-0.3, -0.25) is 4.90 Å². The molecule has 0 aliphatic carbocycles. The first-order chi connectivity index (χ1) is 6.17. The molecule has 0 saturated heterocycles. The zero-order chi connectivity index (χ0) is 10.3. The number of urea groups is 1. The van der Waals surface area contributed by atoms with Crippen LogP contribution in [0.4, 0.5) is 4.79 Å². The molecular formula is C9H16N2O2. The highest BCUT2D eigenvalue weighted by Gasteiger charge is 2.16. The van der Waals surface area contributed by atoms with Gasteiger partial charge in [0.05, 0.1) is 0 Å². The van der Waals surface area contributed by atoms with Crippen LogP contribution in [0.25, 0.3) is 0 Å². The molecule has 0 radical (unpaired) electrons. The van der Waals surface area contributed by atoms with Crippen molar-refractivity contribution in [3.05, 3.63) is 12.7 Å². The van der Waals surface area contributed by atoms with Crippen molar-refractivity contribution in [2.24, 2.45) is 4.99 Å². The lowest BCUT2D eigenvalue weighted by Crippen LogP contribution is -2.38. The molecule has 0 aliphatic rings. The fourth-order valence-corrected chi connectivity index (χ4v) is 0.833. The number of amides is 2. The van der Waals surface area contributed by atoms with Crippen LogP contribution in [0.2, 0.25) is 0 Å². The summed E-state index contributed by atoms with van der Waals surface area (Å²) in [5.74, 6) is 0. The van der Waals surface area contributed by atoms with Crippen molar-refractivity contribution < 1.29 is 9.53 Å². The highest BCUT2D eigenvalue weighted by Crippen LogP contribution is 2.02. The van der Waals surface area contributed by atoms with Crippen LogP contribution in [0, 0.1) is 0 Å². The minimum absolute atomic E-state index is 0.283. The number of nitrogens with zero attached hydrogens (tertiary/aromatic N) is 2. The fourth-order valence-electron chi connectivity index (χ4n) is 0.833. The second-order valence-electron chi connectivity index (χ2n) is 2.45. The summed E-state index contributed by atoms with van der Waals surface area (Å²) in [6, 6.07) is -0.309. The summed E-state index contributed by atoms with van der Waals surface area (Å²) < 4.78 is 5.02. The van der Waals surface area contributed by atoms with Crippen LogP contribution >= 0.6 is 0 Å². The number of carbonyl (C=O) groups excluding carboxylic acids is 1. The summed E-state index contributed by atoms with van der Waals surface area (Å²) in [5.41, 5.74) is 0. The molecule has 0 fully saturated rings. The molecule has 1 unspecified atom stereocenters. The Kier molecular flexibility index (Phi) is 5.80. The first-order valence-corrected chi connectivity index (χ1v) is 4.10. The summed E-state index contributed by atoms with van der Waals surface area (Å²) in [4.78, 5) is 16.5. The summed E-state index contributed by atoms with van der Waals surface area (Å²) in [7, 11) is 1.55. The van der Waals surface area contributed by atoms with Gasteiger partial charge >= 0.3 is 6.03 Å². The van der Waals surface area contributed by atoms with Crippen LogP contribution in [0.1, 0.15) is 13.8 Å². The maximum Gasteiger partial charge on any atom is 0.345 e. The number of hydrogen-bond acceptors (Lipinski definition) is 2. The number of carbonyl (C=O) groups is 1. The van der Waals surface area contributed by atoms with Crippen molar-refractivity contribution >= 4 is 12.2 Å². The van der Waals surface area contributed by atoms with Gasteiger partial charge in [-0.25, -0.2) is 9.79 Å². The Morgan fingerprint density at radius 1 is 1.77 bits per heavy atom. The Morgan fingerprint density at radius 3 is 2.77 bits per heavy atom. The summed E-state index contributed by atoms with van der Waals surface area (Å²) >= 11 is 0. The molecule has 0 spiro atoms. The number of methoxy groups -OCH3 is 1. The molecule has 0 saturated carbocycles. The minimum Gasteiger partial charge on any atom is -0.362 e. The van der Waals surface area contributed by atoms with Crippen LogP contribution in [-0.2, 0) is 4.74 Å². The van der Waals surface area contributed by atoms with Crippen molar-refractivity contribution in [2.75, 3.05) is 13.7 Å². The van der Waals surface area contributed by atoms with Gasteiger partial charge in [-0.15, -0.1) is 6.58 Å². The van der Waals surface area contributed by atoms with Gasteiger partial charge in [0.25, 0.3) is 0 Å². The molecule has 4 heteroatoms. The molecule has 0 aromatic heterocycles. The van der Waals surface area contributed by atoms with Gasteiger partial charge in [0.2, 0.25) is 0 Å². The molecule has 0 aromatic carbocycles. The van der Waals surface area contributed by atoms with E-state index in [1.807, 2.05) is 0 Å². The summed E-state index contributed by atoms with van der Waals surface area (Å²) in [5, 5.41) is 0. The van der Waals surface area contributed by atoms with Crippen LogP contribution < -0.4 is 0 Å². The molecule has 2 amide bonds. The van der Waals surface area contributed by atoms with Crippen molar-refractivity contribution in [3.63, 3.8) is 0 Å². The Bertz CT molecular complexity index is 202. The molecule has 74 valence electrons. The van der Waals surface area contributed by atoms with E-state index in [9.17, 15) is 4.79 Å². The fraction of sp³-hybridized carbons (Fsp3) is 0.556. The monoisotopic (exact) mass is 184 g/mol. The molecule has 4 nitrogen and oxygen atoms in total. The Labute approximate surface area is 78.9 Å². The van der Waals surface area contributed by atoms with E-state index in [2.05, 4.69) is 11.6 Å². The largest absolute Gasteiger partial charge is 0.362 e. The van der Waals surface area contributed by atoms with Gasteiger partial charge in [0, 0.05) is 19.9 Å². The molecule has 0 bridgehead atoms. The van der Waals surface area contributed by atoms with Crippen molar-refractivity contribution in [3.8, 4) is 0 Å². The molecule has 0 N–H and O–H groups in total. The van der Waals surface area contributed by atoms with E-state index in [4.69, 9.17) is 4.74 Å². The predicted molar refractivity (Wildman–Crippen MR) is 52.9 cm³/mol. The number of ether oxygens (including phenoxy) is 1. The van der Waals surface area contributed by atoms with Gasteiger partial charge in [-0.05, 0) is 13.8 Å². The SMILES string of the molecule is C=CCN(C(=O)/N=C/C)C(C)OC. The minimum atomic E-state index is -0.309. The van der Waals surface area contributed by atoms with Gasteiger partial charge < -0.3 is 4.74 Å². The van der Waals surface area contributed by atoms with Gasteiger partial charge in [0.15, 0.2) is 0 Å². The summed E-state index contributed by atoms with van der Waals surface area (Å²) in [6.07, 6.45) is 2.81. The van der Waals surface area contributed by atoms with E-state index < -0.39 is 0 Å². The van der Waals surface area contributed by atoms with Crippen LogP contribution in [-0.4, -0.2) is 37.0 Å². The van der Waals surface area contributed by atoms with Gasteiger partial charge in [-0.2, -0.15) is 0 Å². The molecule has 0 aliphatic heterocycles. The Morgan fingerprint density at radius 2 is 2.38 bits per heavy atom. The van der Waals surface area contributed by atoms with Gasteiger partial charge in [0.1, 0.15) is 6.23 Å². The molecule has 0 heterocycles. The average molecular weight is 184 g/mol. The lowest BCUT2D eigenvalue weighted by atomic mass is 10.4. The smallest absolute Gasteiger partial charge is 0.345 e. The maximum absolute atomic E-state index is 11.3. The zero-order valence-electron chi connectivity index (χ0n) is 8.36. The van der Waals surface area contributed by atoms with E-state index in [1.165, 1.54) is 11.1 Å². The molecule has 0 aromatic rings. The standard InChI is InChI=1S/C9H16N2O2/c1-5-7-11(8(3)13-4)9(12)10-6-2/h5-6,8H,1,7H2,2-4H3/b10-6+. The Hall–Kier alpha value is -1.16. The molecule has 13 heavy (non-hydrogen) atoms. The normalized spacial score (nSPS) is 12.8. The highest BCUT2D eigenvalue weighted by atomic mass is 16.5. The molecule has 1 atom stereocenters. The van der Waals surface area contributed by atoms with Crippen LogP contribution in [0.15, 0.2) is 17.6 Å². The number of rotatable bonds is 4. The van der Waals surface area contributed by atoms with E-state index in [-0.39, 0.29) is 12.3 Å². The van der Waals surface area contributed by atoms with E-state index in [1.54, 1.807) is 27.0 Å². The average Bonchev–Trinajstić information content (AvgIpc) is 2.13. The van der Waals surface area contributed by atoms with Crippen LogP contribution in [0.5, 0.6) is 0 Å². The second kappa shape index (κ2) is 6.37. The molecule has 0 rings (SSSR count). The van der Waals surface area contributed by atoms with Gasteiger partial charge in [-0.1, -0.05) is 6.08 Å². The number of aliphatic imine (C=N–C) groups is 1. The zero-order valence-corrected chi connectivity index (χ0v) is 8.36. The third-order valence-electron chi connectivity index (χ3n) is 1.59. The van der Waals surface area contributed by atoms with Crippen molar-refractivity contribution in [1.82, 2.24) is 4.90 Å². The highest BCUT2D eigenvalue weighted by molar-refractivity contribution is 5.83. The van der Waals surface area contributed by atoms with E-state index in [0.29, 0.717) is 6.54 Å². The topological polar surface area (TPSA) is 41.9 Å². The Balaban J connectivity index is 4.39. The maximum atomic E-state index is 11.3. The van der Waals surface area contributed by atoms with Crippen molar-refractivity contribution in [2.45, 2.75) is 20.1 Å². The molecular weight excluding hydrogens is 168 g/mol.